The quantitative estimate of drug-likeness (QED) is 0.825. The van der Waals surface area contributed by atoms with Gasteiger partial charge in [0, 0.05) is 6.04 Å². The van der Waals surface area contributed by atoms with Crippen LogP contribution in [0.15, 0.2) is 21.3 Å². The van der Waals surface area contributed by atoms with Crippen molar-refractivity contribution in [2.24, 2.45) is 0 Å². The van der Waals surface area contributed by atoms with Crippen molar-refractivity contribution >= 4 is 29.1 Å². The van der Waals surface area contributed by atoms with Gasteiger partial charge in [0.1, 0.15) is 17.0 Å². The molecular formula is C9H11ClN6OS. The van der Waals surface area contributed by atoms with Gasteiger partial charge in [0.15, 0.2) is 10.3 Å². The Bertz CT molecular complexity index is 622. The summed E-state index contributed by atoms with van der Waals surface area (Å²) in [6.45, 7) is 3.77. The number of rotatable bonds is 3. The minimum Gasteiger partial charge on any atom is -0.394 e. The summed E-state index contributed by atoms with van der Waals surface area (Å²) in [7, 11) is 0. The Morgan fingerprint density at radius 2 is 2.22 bits per heavy atom. The first kappa shape index (κ1) is 12.9. The van der Waals surface area contributed by atoms with E-state index in [1.165, 1.54) is 10.9 Å². The smallest absolute Gasteiger partial charge is 0.344 e. The van der Waals surface area contributed by atoms with Crippen LogP contribution >= 0.6 is 23.4 Å². The zero-order valence-corrected chi connectivity index (χ0v) is 11.3. The molecule has 0 radical (unpaired) electrons. The molecule has 0 aliphatic heterocycles. The lowest BCUT2D eigenvalue weighted by Crippen LogP contribution is -2.19. The Balaban J connectivity index is 2.41. The van der Waals surface area contributed by atoms with E-state index in [1.54, 1.807) is 0 Å². The number of H-pyrrole nitrogens is 1. The van der Waals surface area contributed by atoms with Crippen LogP contribution in [0.4, 0.5) is 5.69 Å². The van der Waals surface area contributed by atoms with Crippen molar-refractivity contribution in [3.63, 3.8) is 0 Å². The highest BCUT2D eigenvalue weighted by Crippen LogP contribution is 2.31. The molecular weight excluding hydrogens is 276 g/mol. The molecule has 96 valence electrons. The number of nitrogens with one attached hydrogen (secondary N) is 1. The zero-order valence-electron chi connectivity index (χ0n) is 9.72. The maximum Gasteiger partial charge on any atom is 0.344 e. The van der Waals surface area contributed by atoms with Crippen LogP contribution in [0.5, 0.6) is 0 Å². The average molecular weight is 287 g/mol. The molecule has 0 aliphatic rings. The number of nitrogens with zero attached hydrogens (tertiary/aromatic N) is 4. The molecule has 2 aromatic heterocycles. The first-order chi connectivity index (χ1) is 8.50. The van der Waals surface area contributed by atoms with E-state index in [1.807, 2.05) is 13.8 Å². The van der Waals surface area contributed by atoms with Gasteiger partial charge in [0.25, 0.3) is 0 Å². The van der Waals surface area contributed by atoms with Crippen LogP contribution in [-0.4, -0.2) is 24.7 Å². The SMILES string of the molecule is CC(C)n1c(Sc2ncnc(Cl)c2N)n[nH]c1=O. The van der Waals surface area contributed by atoms with Gasteiger partial charge in [-0.05, 0) is 25.6 Å². The summed E-state index contributed by atoms with van der Waals surface area (Å²) in [4.78, 5) is 19.3. The van der Waals surface area contributed by atoms with Crippen LogP contribution in [0.2, 0.25) is 5.15 Å². The van der Waals surface area contributed by atoms with Gasteiger partial charge in [-0.25, -0.2) is 19.9 Å². The second-order valence-corrected chi connectivity index (χ2v) is 5.07. The Labute approximate surface area is 112 Å². The van der Waals surface area contributed by atoms with E-state index in [-0.39, 0.29) is 22.6 Å². The lowest BCUT2D eigenvalue weighted by molar-refractivity contribution is 0.534. The molecule has 2 heterocycles. The first-order valence-electron chi connectivity index (χ1n) is 5.11. The summed E-state index contributed by atoms with van der Waals surface area (Å²) in [5.74, 6) is 0. The third-order valence-electron chi connectivity index (χ3n) is 2.18. The number of nitrogens with two attached hydrogens (primary N) is 1. The predicted molar refractivity (Wildman–Crippen MR) is 68.8 cm³/mol. The summed E-state index contributed by atoms with van der Waals surface area (Å²) in [5.41, 5.74) is 5.76. The van der Waals surface area contributed by atoms with E-state index in [2.05, 4.69) is 20.2 Å². The maximum atomic E-state index is 11.6. The molecule has 9 heteroatoms. The van der Waals surface area contributed by atoms with Crippen molar-refractivity contribution in [2.45, 2.75) is 30.1 Å². The topological polar surface area (TPSA) is 102 Å². The molecule has 3 N–H and O–H groups in total. The number of aromatic nitrogens is 5. The van der Waals surface area contributed by atoms with Crippen LogP contribution < -0.4 is 11.4 Å². The lowest BCUT2D eigenvalue weighted by Gasteiger charge is -2.09. The van der Waals surface area contributed by atoms with Crippen LogP contribution in [0.25, 0.3) is 0 Å². The molecule has 2 aromatic rings. The van der Waals surface area contributed by atoms with E-state index >= 15 is 0 Å². The van der Waals surface area contributed by atoms with Crippen molar-refractivity contribution in [3.8, 4) is 0 Å². The summed E-state index contributed by atoms with van der Waals surface area (Å²) in [5, 5.41) is 7.46. The Morgan fingerprint density at radius 1 is 1.50 bits per heavy atom. The molecule has 0 unspecified atom stereocenters. The maximum absolute atomic E-state index is 11.6. The molecule has 0 spiro atoms. The van der Waals surface area contributed by atoms with E-state index < -0.39 is 0 Å². The number of nitrogen functional groups attached to an aromatic ring is 1. The van der Waals surface area contributed by atoms with Gasteiger partial charge < -0.3 is 5.73 Å². The number of hydrogen-bond donors (Lipinski definition) is 2. The van der Waals surface area contributed by atoms with Gasteiger partial charge >= 0.3 is 5.69 Å². The molecule has 0 saturated carbocycles. The molecule has 0 aromatic carbocycles. The van der Waals surface area contributed by atoms with Gasteiger partial charge in [0.05, 0.1) is 0 Å². The molecule has 0 bridgehead atoms. The fourth-order valence-electron chi connectivity index (χ4n) is 1.34. The molecule has 0 amide bonds. The largest absolute Gasteiger partial charge is 0.394 e. The summed E-state index contributed by atoms with van der Waals surface area (Å²) < 4.78 is 1.51. The summed E-state index contributed by atoms with van der Waals surface area (Å²) >= 11 is 6.97. The minimum absolute atomic E-state index is 0.0164. The van der Waals surface area contributed by atoms with Crippen LogP contribution in [-0.2, 0) is 0 Å². The monoisotopic (exact) mass is 286 g/mol. The fourth-order valence-corrected chi connectivity index (χ4v) is 2.50. The summed E-state index contributed by atoms with van der Waals surface area (Å²) in [6, 6.07) is -0.0164. The van der Waals surface area contributed by atoms with Crippen molar-refractivity contribution in [2.75, 3.05) is 5.73 Å². The van der Waals surface area contributed by atoms with Crippen LogP contribution in [0, 0.1) is 0 Å². The second kappa shape index (κ2) is 4.99. The van der Waals surface area contributed by atoms with Crippen molar-refractivity contribution < 1.29 is 0 Å². The average Bonchev–Trinajstić information content (AvgIpc) is 2.66. The Kier molecular flexibility index (Phi) is 3.58. The van der Waals surface area contributed by atoms with E-state index in [0.29, 0.717) is 10.2 Å². The van der Waals surface area contributed by atoms with Gasteiger partial charge in [0.2, 0.25) is 0 Å². The van der Waals surface area contributed by atoms with E-state index in [0.717, 1.165) is 11.8 Å². The van der Waals surface area contributed by atoms with Crippen molar-refractivity contribution in [1.82, 2.24) is 24.7 Å². The summed E-state index contributed by atoms with van der Waals surface area (Å²) in [6.07, 6.45) is 1.31. The van der Waals surface area contributed by atoms with Gasteiger partial charge in [-0.1, -0.05) is 11.6 Å². The lowest BCUT2D eigenvalue weighted by atomic mass is 10.4. The number of hydrogen-bond acceptors (Lipinski definition) is 6. The molecule has 18 heavy (non-hydrogen) atoms. The minimum atomic E-state index is -0.272. The number of anilines is 1. The van der Waals surface area contributed by atoms with E-state index in [9.17, 15) is 4.79 Å². The van der Waals surface area contributed by atoms with Crippen molar-refractivity contribution in [3.05, 3.63) is 22.0 Å². The third kappa shape index (κ3) is 2.34. The standard InChI is InChI=1S/C9H11ClN6OS/c1-4(2)16-8(17)14-15-9(16)18-7-5(11)6(10)12-3-13-7/h3-4H,11H2,1-2H3,(H,14,17). The molecule has 0 atom stereocenters. The molecule has 0 saturated heterocycles. The highest BCUT2D eigenvalue weighted by molar-refractivity contribution is 7.99. The Morgan fingerprint density at radius 3 is 2.89 bits per heavy atom. The molecule has 7 nitrogen and oxygen atoms in total. The van der Waals surface area contributed by atoms with Crippen LogP contribution in [0.1, 0.15) is 19.9 Å². The Hall–Kier alpha value is -1.54. The van der Waals surface area contributed by atoms with Crippen molar-refractivity contribution in [1.29, 1.82) is 0 Å². The predicted octanol–water partition coefficient (Wildman–Crippen LogP) is 1.33. The highest BCUT2D eigenvalue weighted by atomic mass is 35.5. The van der Waals surface area contributed by atoms with Gasteiger partial charge in [-0.3, -0.25) is 4.57 Å². The van der Waals surface area contributed by atoms with Crippen LogP contribution in [0.3, 0.4) is 0 Å². The number of aromatic amines is 1. The fraction of sp³-hybridized carbons (Fsp3) is 0.333. The molecule has 2 rings (SSSR count). The van der Waals surface area contributed by atoms with Gasteiger partial charge in [-0.2, -0.15) is 0 Å². The first-order valence-corrected chi connectivity index (χ1v) is 6.31. The normalized spacial score (nSPS) is 11.1. The third-order valence-corrected chi connectivity index (χ3v) is 3.47. The molecule has 0 fully saturated rings. The highest BCUT2D eigenvalue weighted by Gasteiger charge is 2.16. The molecule has 0 aliphatic carbocycles. The van der Waals surface area contributed by atoms with Gasteiger partial charge in [-0.15, -0.1) is 5.10 Å². The van der Waals surface area contributed by atoms with E-state index in [4.69, 9.17) is 17.3 Å². The second-order valence-electron chi connectivity index (χ2n) is 3.76. The zero-order chi connectivity index (χ0) is 13.3. The number of halogens is 1.